The first-order valence-corrected chi connectivity index (χ1v) is 11.6. The molecule has 3 aromatic rings. The Hall–Kier alpha value is -4.26. The van der Waals surface area contributed by atoms with Crippen LogP contribution in [0.1, 0.15) is 53.9 Å². The molecule has 0 spiro atoms. The van der Waals surface area contributed by atoms with Crippen LogP contribution in [0, 0.1) is 0 Å². The molecule has 0 aromatic heterocycles. The highest BCUT2D eigenvalue weighted by atomic mass is 16.2. The van der Waals surface area contributed by atoms with E-state index in [9.17, 15) is 19.2 Å². The van der Waals surface area contributed by atoms with Crippen LogP contribution < -0.4 is 4.90 Å². The summed E-state index contributed by atoms with van der Waals surface area (Å²) < 4.78 is 0. The maximum atomic E-state index is 13.2. The molecule has 0 radical (unpaired) electrons. The average Bonchev–Trinajstić information content (AvgIpc) is 3.13. The van der Waals surface area contributed by atoms with Gasteiger partial charge in [-0.1, -0.05) is 24.3 Å². The van der Waals surface area contributed by atoms with Gasteiger partial charge in [-0.15, -0.1) is 0 Å². The Morgan fingerprint density at radius 2 is 1.37 bits per heavy atom. The molecule has 0 unspecified atom stereocenters. The molecular formula is C28H25N3O4. The number of Topliss-reactive ketones (excluding diaryl/α,β-unsaturated/α-hetero) is 1. The van der Waals surface area contributed by atoms with Crippen molar-refractivity contribution < 1.29 is 19.2 Å². The van der Waals surface area contributed by atoms with Crippen molar-refractivity contribution in [1.29, 1.82) is 0 Å². The lowest BCUT2D eigenvalue weighted by Crippen LogP contribution is -2.48. The van der Waals surface area contributed by atoms with Crippen molar-refractivity contribution in [3.63, 3.8) is 0 Å². The van der Waals surface area contributed by atoms with E-state index in [4.69, 9.17) is 0 Å². The maximum absolute atomic E-state index is 13.2. The molecule has 1 fully saturated rings. The van der Waals surface area contributed by atoms with E-state index < -0.39 is 0 Å². The first-order valence-electron chi connectivity index (χ1n) is 11.6. The molecule has 3 amide bonds. The predicted octanol–water partition coefficient (Wildman–Crippen LogP) is 3.65. The number of fused-ring (bicyclic) bond motifs is 1. The monoisotopic (exact) mass is 467 g/mol. The lowest BCUT2D eigenvalue weighted by Gasteiger charge is -2.36. The van der Waals surface area contributed by atoms with Crippen LogP contribution in [0.3, 0.4) is 0 Å². The number of anilines is 1. The van der Waals surface area contributed by atoms with E-state index in [1.165, 1.54) is 4.90 Å². The van der Waals surface area contributed by atoms with Crippen molar-refractivity contribution in [1.82, 2.24) is 9.80 Å². The summed E-state index contributed by atoms with van der Waals surface area (Å²) in [7, 11) is 0. The zero-order valence-electron chi connectivity index (χ0n) is 19.4. The van der Waals surface area contributed by atoms with Gasteiger partial charge in [-0.2, -0.15) is 0 Å². The van der Waals surface area contributed by atoms with Crippen LogP contribution in [0.15, 0.2) is 72.8 Å². The summed E-state index contributed by atoms with van der Waals surface area (Å²) in [6, 6.07) is 21.5. The Labute approximate surface area is 203 Å². The summed E-state index contributed by atoms with van der Waals surface area (Å²) in [5.41, 5.74) is 3.82. The van der Waals surface area contributed by atoms with Crippen LogP contribution in [0.25, 0.3) is 0 Å². The number of hydrogen-bond acceptors (Lipinski definition) is 5. The van der Waals surface area contributed by atoms with Gasteiger partial charge in [0.1, 0.15) is 0 Å². The maximum Gasteiger partial charge on any atom is 0.261 e. The van der Waals surface area contributed by atoms with Crippen molar-refractivity contribution in [2.75, 3.05) is 31.1 Å². The molecule has 5 rings (SSSR count). The Morgan fingerprint density at radius 3 is 1.97 bits per heavy atom. The Balaban J connectivity index is 1.23. The van der Waals surface area contributed by atoms with Gasteiger partial charge in [0.2, 0.25) is 0 Å². The van der Waals surface area contributed by atoms with E-state index in [1.807, 2.05) is 35.2 Å². The number of amides is 3. The Kier molecular flexibility index (Phi) is 5.91. The minimum atomic E-state index is -0.310. The molecule has 35 heavy (non-hydrogen) atoms. The number of imide groups is 1. The molecule has 2 heterocycles. The number of nitrogens with zero attached hydrogens (tertiary/aromatic N) is 3. The first-order chi connectivity index (χ1) is 16.9. The quantitative estimate of drug-likeness (QED) is 0.423. The van der Waals surface area contributed by atoms with Crippen LogP contribution in [-0.2, 0) is 6.54 Å². The van der Waals surface area contributed by atoms with Gasteiger partial charge in [-0.05, 0) is 61.0 Å². The molecular weight excluding hydrogens is 442 g/mol. The smallest absolute Gasteiger partial charge is 0.261 e. The molecule has 2 aliphatic rings. The van der Waals surface area contributed by atoms with Crippen LogP contribution in [0.4, 0.5) is 5.69 Å². The number of piperazine rings is 1. The minimum Gasteiger partial charge on any atom is -0.368 e. The van der Waals surface area contributed by atoms with Gasteiger partial charge in [0.25, 0.3) is 17.7 Å². The molecule has 0 saturated carbocycles. The van der Waals surface area contributed by atoms with E-state index in [2.05, 4.69) is 4.90 Å². The fraction of sp³-hybridized carbons (Fsp3) is 0.214. The van der Waals surface area contributed by atoms with Crippen molar-refractivity contribution in [3.8, 4) is 0 Å². The van der Waals surface area contributed by atoms with Gasteiger partial charge in [-0.25, -0.2) is 0 Å². The second kappa shape index (κ2) is 9.18. The number of rotatable bonds is 5. The van der Waals surface area contributed by atoms with Crippen molar-refractivity contribution in [3.05, 3.63) is 101 Å². The predicted molar refractivity (Wildman–Crippen MR) is 132 cm³/mol. The van der Waals surface area contributed by atoms with E-state index in [-0.39, 0.29) is 30.0 Å². The van der Waals surface area contributed by atoms with Gasteiger partial charge in [0.15, 0.2) is 5.78 Å². The largest absolute Gasteiger partial charge is 0.368 e. The molecule has 7 nitrogen and oxygen atoms in total. The fourth-order valence-electron chi connectivity index (χ4n) is 4.63. The molecule has 0 atom stereocenters. The fourth-order valence-corrected chi connectivity index (χ4v) is 4.63. The third-order valence-corrected chi connectivity index (χ3v) is 6.60. The SMILES string of the molecule is CC(=O)c1ccc(N2CCN(C(=O)c3cccc(CN4C(=O)c5ccccc5C4=O)c3)CC2)cc1. The highest BCUT2D eigenvalue weighted by Crippen LogP contribution is 2.25. The standard InChI is InChI=1S/C28H25N3O4/c1-19(32)21-9-11-23(12-10-21)29-13-15-30(16-14-29)26(33)22-6-4-5-20(17-22)18-31-27(34)24-7-2-3-8-25(24)28(31)35/h2-12,17H,13-16,18H2,1H3. The Morgan fingerprint density at radius 1 is 0.743 bits per heavy atom. The molecule has 176 valence electrons. The lowest BCUT2D eigenvalue weighted by atomic mass is 10.1. The highest BCUT2D eigenvalue weighted by molar-refractivity contribution is 6.21. The van der Waals surface area contributed by atoms with Crippen molar-refractivity contribution >= 4 is 29.2 Å². The zero-order chi connectivity index (χ0) is 24.5. The number of carbonyl (C=O) groups excluding carboxylic acids is 4. The van der Waals surface area contributed by atoms with E-state index in [1.54, 1.807) is 49.4 Å². The average molecular weight is 468 g/mol. The van der Waals surface area contributed by atoms with E-state index in [0.717, 1.165) is 11.3 Å². The first kappa shape index (κ1) is 22.5. The van der Waals surface area contributed by atoms with Gasteiger partial charge in [-0.3, -0.25) is 24.1 Å². The highest BCUT2D eigenvalue weighted by Gasteiger charge is 2.35. The number of hydrogen-bond donors (Lipinski definition) is 0. The summed E-state index contributed by atoms with van der Waals surface area (Å²) in [4.78, 5) is 55.3. The number of benzene rings is 3. The second-order valence-corrected chi connectivity index (χ2v) is 8.82. The number of carbonyl (C=O) groups is 4. The third kappa shape index (κ3) is 4.33. The molecule has 3 aromatic carbocycles. The van der Waals surface area contributed by atoms with Crippen LogP contribution in [0.2, 0.25) is 0 Å². The molecule has 0 bridgehead atoms. The van der Waals surface area contributed by atoms with E-state index >= 15 is 0 Å². The topological polar surface area (TPSA) is 78.0 Å². The summed E-state index contributed by atoms with van der Waals surface area (Å²) in [6.45, 7) is 4.22. The number of ketones is 1. The van der Waals surface area contributed by atoms with Gasteiger partial charge >= 0.3 is 0 Å². The third-order valence-electron chi connectivity index (χ3n) is 6.60. The molecule has 7 heteroatoms. The Bertz CT molecular complexity index is 1290. The molecule has 1 saturated heterocycles. The van der Waals surface area contributed by atoms with Crippen LogP contribution >= 0.6 is 0 Å². The normalized spacial score (nSPS) is 15.4. The summed E-state index contributed by atoms with van der Waals surface area (Å²) in [6.07, 6.45) is 0. The zero-order valence-corrected chi connectivity index (χ0v) is 19.4. The molecule has 2 aliphatic heterocycles. The lowest BCUT2D eigenvalue weighted by molar-refractivity contribution is 0.0641. The van der Waals surface area contributed by atoms with E-state index in [0.29, 0.717) is 48.4 Å². The van der Waals surface area contributed by atoms with Crippen molar-refractivity contribution in [2.24, 2.45) is 0 Å². The van der Waals surface area contributed by atoms with Crippen molar-refractivity contribution in [2.45, 2.75) is 13.5 Å². The molecule has 0 aliphatic carbocycles. The van der Waals surface area contributed by atoms with Gasteiger partial charge in [0.05, 0.1) is 17.7 Å². The minimum absolute atomic E-state index is 0.0391. The van der Waals surface area contributed by atoms with Gasteiger partial charge in [0, 0.05) is 43.0 Å². The summed E-state index contributed by atoms with van der Waals surface area (Å²) in [5, 5.41) is 0. The summed E-state index contributed by atoms with van der Waals surface area (Å²) >= 11 is 0. The van der Waals surface area contributed by atoms with Crippen LogP contribution in [0.5, 0.6) is 0 Å². The van der Waals surface area contributed by atoms with Crippen LogP contribution in [-0.4, -0.2) is 59.5 Å². The van der Waals surface area contributed by atoms with Gasteiger partial charge < -0.3 is 9.80 Å². The molecule has 0 N–H and O–H groups in total. The second-order valence-electron chi connectivity index (χ2n) is 8.82. The summed E-state index contributed by atoms with van der Waals surface area (Å²) in [5.74, 6) is -0.650.